The van der Waals surface area contributed by atoms with Crippen LogP contribution in [0.2, 0.25) is 0 Å². The van der Waals surface area contributed by atoms with Crippen LogP contribution in [0.5, 0.6) is 0 Å². The predicted octanol–water partition coefficient (Wildman–Crippen LogP) is 3.82. The van der Waals surface area contributed by atoms with Crippen molar-refractivity contribution in [2.24, 2.45) is 11.8 Å². The number of benzene rings is 1. The summed E-state index contributed by atoms with van der Waals surface area (Å²) < 4.78 is 5.41. The minimum absolute atomic E-state index is 0.0225. The van der Waals surface area contributed by atoms with E-state index in [1.54, 1.807) is 28.8 Å². The van der Waals surface area contributed by atoms with Gasteiger partial charge < -0.3 is 9.64 Å². The highest BCUT2D eigenvalue weighted by Gasteiger charge is 2.42. The molecule has 0 N–H and O–H groups in total. The minimum Gasteiger partial charge on any atom is -0.464 e. The van der Waals surface area contributed by atoms with Gasteiger partial charge in [0, 0.05) is 11.3 Å². The van der Waals surface area contributed by atoms with Gasteiger partial charge >= 0.3 is 5.97 Å². The fourth-order valence-corrected chi connectivity index (χ4v) is 4.30. The Balaban J connectivity index is 2.20. The SMILES string of the molecule is CC(C)COC(=O)[C@H]1CS[C@@H](CC(C)C)N1C(=O)c1ccccc1. The number of nitrogens with zero attached hydrogens (tertiary/aromatic N) is 1. The smallest absolute Gasteiger partial charge is 0.329 e. The first kappa shape index (κ1) is 18.8. The molecule has 0 unspecified atom stereocenters. The van der Waals surface area contributed by atoms with Crippen molar-refractivity contribution in [1.82, 2.24) is 4.90 Å². The molecule has 24 heavy (non-hydrogen) atoms. The number of carbonyl (C=O) groups is 2. The van der Waals surface area contributed by atoms with Crippen LogP contribution in [-0.2, 0) is 9.53 Å². The molecular formula is C19H27NO3S. The summed E-state index contributed by atoms with van der Waals surface area (Å²) in [6.45, 7) is 8.67. The average molecular weight is 349 g/mol. The molecule has 1 aliphatic heterocycles. The van der Waals surface area contributed by atoms with E-state index in [-0.39, 0.29) is 23.2 Å². The van der Waals surface area contributed by atoms with E-state index in [0.29, 0.717) is 23.8 Å². The Morgan fingerprint density at radius 1 is 1.17 bits per heavy atom. The summed E-state index contributed by atoms with van der Waals surface area (Å²) >= 11 is 1.68. The number of amides is 1. The molecule has 0 bridgehead atoms. The molecule has 1 aromatic rings. The standard InChI is InChI=1S/C19H27NO3S/c1-13(2)10-17-20(18(21)15-8-6-5-7-9-15)16(12-24-17)19(22)23-11-14(3)4/h5-9,13-14,16-17H,10-12H2,1-4H3/t16-,17+/m1/s1. The Hall–Kier alpha value is -1.49. The molecule has 1 aromatic carbocycles. The van der Waals surface area contributed by atoms with Gasteiger partial charge in [-0.15, -0.1) is 11.8 Å². The molecule has 132 valence electrons. The zero-order chi connectivity index (χ0) is 17.7. The van der Waals surface area contributed by atoms with E-state index in [4.69, 9.17) is 4.74 Å². The largest absolute Gasteiger partial charge is 0.464 e. The maximum Gasteiger partial charge on any atom is 0.329 e. The van der Waals surface area contributed by atoms with Gasteiger partial charge in [-0.05, 0) is 30.4 Å². The third-order valence-corrected chi connectivity index (χ3v) is 5.16. The van der Waals surface area contributed by atoms with Gasteiger partial charge in [-0.3, -0.25) is 4.79 Å². The van der Waals surface area contributed by atoms with Gasteiger partial charge in [0.2, 0.25) is 0 Å². The maximum absolute atomic E-state index is 13.0. The first-order valence-electron chi connectivity index (χ1n) is 8.56. The van der Waals surface area contributed by atoms with Gasteiger partial charge in [0.05, 0.1) is 12.0 Å². The van der Waals surface area contributed by atoms with Crippen molar-refractivity contribution < 1.29 is 14.3 Å². The van der Waals surface area contributed by atoms with Gasteiger partial charge in [-0.25, -0.2) is 4.79 Å². The van der Waals surface area contributed by atoms with Crippen LogP contribution in [0.4, 0.5) is 0 Å². The van der Waals surface area contributed by atoms with E-state index in [9.17, 15) is 9.59 Å². The number of esters is 1. The number of hydrogen-bond donors (Lipinski definition) is 0. The third kappa shape index (κ3) is 4.76. The monoisotopic (exact) mass is 349 g/mol. The third-order valence-electron chi connectivity index (χ3n) is 3.85. The Bertz CT molecular complexity index is 559. The molecule has 4 nitrogen and oxygen atoms in total. The summed E-state index contributed by atoms with van der Waals surface area (Å²) in [6.07, 6.45) is 0.872. The van der Waals surface area contributed by atoms with Gasteiger partial charge in [-0.1, -0.05) is 45.9 Å². The Kier molecular flexibility index (Phi) is 6.72. The molecule has 1 fully saturated rings. The molecule has 1 aliphatic rings. The summed E-state index contributed by atoms with van der Waals surface area (Å²) in [6, 6.07) is 8.68. The molecule has 1 saturated heterocycles. The van der Waals surface area contributed by atoms with Crippen molar-refractivity contribution in [3.63, 3.8) is 0 Å². The summed E-state index contributed by atoms with van der Waals surface area (Å²) in [5.74, 6) is 0.976. The first-order chi connectivity index (χ1) is 11.4. The summed E-state index contributed by atoms with van der Waals surface area (Å²) in [5, 5.41) is 0.0225. The van der Waals surface area contributed by atoms with Crippen molar-refractivity contribution in [2.45, 2.75) is 45.5 Å². The van der Waals surface area contributed by atoms with Gasteiger partial charge in [-0.2, -0.15) is 0 Å². The van der Waals surface area contributed by atoms with Crippen LogP contribution in [0.3, 0.4) is 0 Å². The molecule has 2 atom stereocenters. The van der Waals surface area contributed by atoms with Crippen LogP contribution in [-0.4, -0.2) is 40.6 Å². The summed E-state index contributed by atoms with van der Waals surface area (Å²) in [4.78, 5) is 27.2. The van der Waals surface area contributed by atoms with E-state index in [1.165, 1.54) is 0 Å². The van der Waals surface area contributed by atoms with E-state index in [0.717, 1.165) is 6.42 Å². The predicted molar refractivity (Wildman–Crippen MR) is 97.9 cm³/mol. The zero-order valence-electron chi connectivity index (χ0n) is 14.9. The van der Waals surface area contributed by atoms with E-state index in [2.05, 4.69) is 13.8 Å². The topological polar surface area (TPSA) is 46.6 Å². The summed E-state index contributed by atoms with van der Waals surface area (Å²) in [5.41, 5.74) is 0.621. The Labute approximate surface area is 148 Å². The van der Waals surface area contributed by atoms with Crippen LogP contribution < -0.4 is 0 Å². The lowest BCUT2D eigenvalue weighted by Crippen LogP contribution is -2.46. The Morgan fingerprint density at radius 3 is 2.42 bits per heavy atom. The van der Waals surface area contributed by atoms with Crippen LogP contribution in [0.25, 0.3) is 0 Å². The molecular weight excluding hydrogens is 322 g/mol. The van der Waals surface area contributed by atoms with Gasteiger partial charge in [0.1, 0.15) is 6.04 Å². The number of ether oxygens (including phenoxy) is 1. The molecule has 0 aliphatic carbocycles. The van der Waals surface area contributed by atoms with Crippen LogP contribution in [0.15, 0.2) is 30.3 Å². The van der Waals surface area contributed by atoms with Crippen LogP contribution in [0, 0.1) is 11.8 Å². The lowest BCUT2D eigenvalue weighted by Gasteiger charge is -2.29. The average Bonchev–Trinajstić information content (AvgIpc) is 2.95. The highest BCUT2D eigenvalue weighted by Crippen LogP contribution is 2.35. The zero-order valence-corrected chi connectivity index (χ0v) is 15.7. The van der Waals surface area contributed by atoms with E-state index < -0.39 is 6.04 Å². The molecule has 5 heteroatoms. The second kappa shape index (κ2) is 8.56. The summed E-state index contributed by atoms with van der Waals surface area (Å²) in [7, 11) is 0. The van der Waals surface area contributed by atoms with Crippen LogP contribution >= 0.6 is 11.8 Å². The van der Waals surface area contributed by atoms with Crippen molar-refractivity contribution in [2.75, 3.05) is 12.4 Å². The molecule has 0 radical (unpaired) electrons. The van der Waals surface area contributed by atoms with Gasteiger partial charge in [0.15, 0.2) is 0 Å². The minimum atomic E-state index is -0.495. The fourth-order valence-electron chi connectivity index (χ4n) is 2.68. The molecule has 1 heterocycles. The normalized spacial score (nSPS) is 20.7. The van der Waals surface area contributed by atoms with Crippen molar-refractivity contribution in [1.29, 1.82) is 0 Å². The number of rotatable bonds is 6. The second-order valence-electron chi connectivity index (χ2n) is 7.04. The van der Waals surface area contributed by atoms with E-state index >= 15 is 0 Å². The molecule has 0 saturated carbocycles. The fraction of sp³-hybridized carbons (Fsp3) is 0.579. The maximum atomic E-state index is 13.0. The lowest BCUT2D eigenvalue weighted by molar-refractivity contribution is -0.149. The molecule has 0 spiro atoms. The quantitative estimate of drug-likeness (QED) is 0.733. The number of carbonyl (C=O) groups excluding carboxylic acids is 2. The second-order valence-corrected chi connectivity index (χ2v) is 8.25. The Morgan fingerprint density at radius 2 is 1.83 bits per heavy atom. The highest BCUT2D eigenvalue weighted by atomic mass is 32.2. The highest BCUT2D eigenvalue weighted by molar-refractivity contribution is 8.00. The molecule has 0 aromatic heterocycles. The first-order valence-corrected chi connectivity index (χ1v) is 9.61. The van der Waals surface area contributed by atoms with E-state index in [1.807, 2.05) is 32.0 Å². The lowest BCUT2D eigenvalue weighted by atomic mass is 10.1. The van der Waals surface area contributed by atoms with Crippen molar-refractivity contribution in [3.05, 3.63) is 35.9 Å². The number of thioether (sulfide) groups is 1. The molecule has 1 amide bonds. The van der Waals surface area contributed by atoms with Crippen molar-refractivity contribution in [3.8, 4) is 0 Å². The van der Waals surface area contributed by atoms with Gasteiger partial charge in [0.25, 0.3) is 5.91 Å². The molecule has 2 rings (SSSR count). The van der Waals surface area contributed by atoms with Crippen molar-refractivity contribution >= 4 is 23.6 Å². The number of hydrogen-bond acceptors (Lipinski definition) is 4. The van der Waals surface area contributed by atoms with Crippen LogP contribution in [0.1, 0.15) is 44.5 Å².